The van der Waals surface area contributed by atoms with Crippen molar-refractivity contribution in [3.05, 3.63) is 182 Å². The lowest BCUT2D eigenvalue weighted by molar-refractivity contribution is 1.01. The Balaban J connectivity index is 1.08. The van der Waals surface area contributed by atoms with Crippen LogP contribution in [0.15, 0.2) is 182 Å². The van der Waals surface area contributed by atoms with Crippen LogP contribution in [-0.4, -0.2) is 28.5 Å². The van der Waals surface area contributed by atoms with Crippen LogP contribution in [0.4, 0.5) is 0 Å². The molecule has 0 saturated heterocycles. The third-order valence-electron chi connectivity index (χ3n) is 11.1. The monoisotopic (exact) mass is 702 g/mol. The second-order valence-corrected chi connectivity index (χ2v) is 14.1. The van der Waals surface area contributed by atoms with E-state index in [0.717, 1.165) is 88.5 Å². The van der Waals surface area contributed by atoms with Crippen LogP contribution >= 0.6 is 0 Å². The fourth-order valence-corrected chi connectivity index (χ4v) is 8.56. The van der Waals surface area contributed by atoms with Gasteiger partial charge in [0, 0.05) is 44.4 Å². The Morgan fingerprint density at radius 3 is 1.80 bits per heavy atom. The minimum atomic E-state index is 0.657. The van der Waals surface area contributed by atoms with Crippen LogP contribution < -0.4 is 0 Å². The highest BCUT2D eigenvalue weighted by Gasteiger charge is 2.20. The van der Waals surface area contributed by atoms with Gasteiger partial charge in [0.1, 0.15) is 5.65 Å². The summed E-state index contributed by atoms with van der Waals surface area (Å²) in [4.78, 5) is 15.4. The molecule has 0 spiro atoms. The van der Waals surface area contributed by atoms with Crippen molar-refractivity contribution in [1.29, 1.82) is 0 Å². The van der Waals surface area contributed by atoms with E-state index < -0.39 is 0 Å². The highest BCUT2D eigenvalue weighted by Crippen LogP contribution is 2.40. The zero-order valence-electron chi connectivity index (χ0n) is 29.5. The van der Waals surface area contributed by atoms with Crippen LogP contribution in [0.2, 0.25) is 0 Å². The van der Waals surface area contributed by atoms with Crippen molar-refractivity contribution in [2.24, 2.45) is 0 Å². The molecule has 5 aromatic heterocycles. The number of pyridine rings is 1. The maximum atomic E-state index is 5.26. The number of aromatic nitrogens is 6. The van der Waals surface area contributed by atoms with E-state index in [9.17, 15) is 0 Å². The summed E-state index contributed by atoms with van der Waals surface area (Å²) in [6.45, 7) is 0. The highest BCUT2D eigenvalue weighted by molar-refractivity contribution is 6.15. The second kappa shape index (κ2) is 11.5. The minimum Gasteiger partial charge on any atom is -0.309 e. The molecule has 0 atom stereocenters. The largest absolute Gasteiger partial charge is 0.309 e. The summed E-state index contributed by atoms with van der Waals surface area (Å²) >= 11 is 0. The normalized spacial score (nSPS) is 12.0. The summed E-state index contributed by atoms with van der Waals surface area (Å²) < 4.78 is 6.76. The average Bonchev–Trinajstić information content (AvgIpc) is 3.89. The van der Waals surface area contributed by atoms with Crippen LogP contribution in [0, 0.1) is 0 Å². The number of hydrogen-bond acceptors (Lipinski definition) is 3. The van der Waals surface area contributed by atoms with Gasteiger partial charge in [-0.3, -0.25) is 8.97 Å². The first-order valence-electron chi connectivity index (χ1n) is 18.5. The molecule has 12 aromatic rings. The van der Waals surface area contributed by atoms with Crippen molar-refractivity contribution in [2.45, 2.75) is 0 Å². The zero-order chi connectivity index (χ0) is 36.0. The summed E-state index contributed by atoms with van der Waals surface area (Å²) in [5, 5.41) is 5.72. The van der Waals surface area contributed by atoms with Gasteiger partial charge < -0.3 is 4.57 Å². The lowest BCUT2D eigenvalue weighted by Crippen LogP contribution is -2.03. The Kier molecular flexibility index (Phi) is 6.24. The van der Waals surface area contributed by atoms with Crippen LogP contribution in [0.25, 0.3) is 105 Å². The lowest BCUT2D eigenvalue weighted by Gasteiger charge is -2.12. The number of benzene rings is 7. The summed E-state index contributed by atoms with van der Waals surface area (Å²) in [7, 11) is 0. The van der Waals surface area contributed by atoms with Gasteiger partial charge in [-0.05, 0) is 83.9 Å². The van der Waals surface area contributed by atoms with Gasteiger partial charge in [0.25, 0.3) is 0 Å². The van der Waals surface area contributed by atoms with E-state index in [2.05, 4.69) is 177 Å². The number of hydrogen-bond donors (Lipinski definition) is 0. The van der Waals surface area contributed by atoms with Crippen molar-refractivity contribution in [2.75, 3.05) is 0 Å². The standard InChI is InChI=1S/C49H30N6/c1-3-13-31(14-4-1)48-36-18-7-9-19-40(36)51-49(52-48)55-42-20-10-8-17-35(42)37-27-32(23-25-44(37)55)33-22-24-43-38(28-33)39-29-41-46(53-26-12-11-21-47(53)50-41)30-45(39)54(43)34-15-5-2-6-16-34/h1-30H. The van der Waals surface area contributed by atoms with Gasteiger partial charge in [-0.1, -0.05) is 103 Å². The van der Waals surface area contributed by atoms with E-state index in [1.54, 1.807) is 0 Å². The van der Waals surface area contributed by atoms with Gasteiger partial charge >= 0.3 is 0 Å². The molecule has 0 aliphatic heterocycles. The number of fused-ring (bicyclic) bond motifs is 10. The average molecular weight is 703 g/mol. The molecular weight excluding hydrogens is 673 g/mol. The van der Waals surface area contributed by atoms with Gasteiger partial charge in [-0.2, -0.15) is 0 Å². The predicted octanol–water partition coefficient (Wildman–Crippen LogP) is 12.0. The first kappa shape index (κ1) is 29.9. The van der Waals surface area contributed by atoms with Crippen molar-refractivity contribution < 1.29 is 0 Å². The molecule has 6 heteroatoms. The summed E-state index contributed by atoms with van der Waals surface area (Å²) in [5.74, 6) is 0.657. The number of para-hydroxylation sites is 3. The molecule has 55 heavy (non-hydrogen) atoms. The molecule has 0 saturated carbocycles. The number of nitrogens with zero attached hydrogens (tertiary/aromatic N) is 6. The van der Waals surface area contributed by atoms with E-state index in [0.29, 0.717) is 5.95 Å². The first-order valence-corrected chi connectivity index (χ1v) is 18.5. The molecule has 5 heterocycles. The van der Waals surface area contributed by atoms with Crippen LogP contribution in [-0.2, 0) is 0 Å². The third-order valence-corrected chi connectivity index (χ3v) is 11.1. The Bertz CT molecular complexity index is 3480. The maximum Gasteiger partial charge on any atom is 0.235 e. The van der Waals surface area contributed by atoms with Gasteiger partial charge in [-0.25, -0.2) is 15.0 Å². The topological polar surface area (TPSA) is 52.9 Å². The zero-order valence-corrected chi connectivity index (χ0v) is 29.5. The van der Waals surface area contributed by atoms with Gasteiger partial charge in [0.2, 0.25) is 5.95 Å². The van der Waals surface area contributed by atoms with Crippen LogP contribution in [0.5, 0.6) is 0 Å². The van der Waals surface area contributed by atoms with Gasteiger partial charge in [0.15, 0.2) is 0 Å². The van der Waals surface area contributed by atoms with E-state index in [4.69, 9.17) is 15.0 Å². The Labute approximate surface area is 314 Å². The summed E-state index contributed by atoms with van der Waals surface area (Å²) in [6.07, 6.45) is 2.09. The summed E-state index contributed by atoms with van der Waals surface area (Å²) in [6, 6.07) is 62.2. The molecule has 0 unspecified atom stereocenters. The highest BCUT2D eigenvalue weighted by atomic mass is 15.2. The smallest absolute Gasteiger partial charge is 0.235 e. The van der Waals surface area contributed by atoms with E-state index in [-0.39, 0.29) is 0 Å². The first-order chi connectivity index (χ1) is 27.3. The molecule has 256 valence electrons. The Hall–Kier alpha value is -7.57. The fraction of sp³-hybridized carbons (Fsp3) is 0. The maximum absolute atomic E-state index is 5.26. The molecule has 6 nitrogen and oxygen atoms in total. The third kappa shape index (κ3) is 4.46. The molecule has 7 aromatic carbocycles. The molecule has 0 aliphatic carbocycles. The van der Waals surface area contributed by atoms with Crippen molar-refractivity contribution in [3.63, 3.8) is 0 Å². The molecule has 0 radical (unpaired) electrons. The SMILES string of the molecule is c1ccc(-c2nc(-n3c4ccccc4c4cc(-c5ccc6c(c5)c5cc7nc8ccccn8c7cc5n6-c5ccccc5)ccc43)nc3ccccc23)cc1. The van der Waals surface area contributed by atoms with E-state index in [1.807, 2.05) is 18.2 Å². The predicted molar refractivity (Wildman–Crippen MR) is 225 cm³/mol. The van der Waals surface area contributed by atoms with Gasteiger partial charge in [-0.15, -0.1) is 0 Å². The van der Waals surface area contributed by atoms with Crippen LogP contribution in [0.1, 0.15) is 0 Å². The fourth-order valence-electron chi connectivity index (χ4n) is 8.56. The quantitative estimate of drug-likeness (QED) is 0.183. The molecule has 12 rings (SSSR count). The molecule has 0 fully saturated rings. The number of imidazole rings is 1. The van der Waals surface area contributed by atoms with E-state index in [1.165, 1.54) is 10.8 Å². The lowest BCUT2D eigenvalue weighted by atomic mass is 10.0. The van der Waals surface area contributed by atoms with Crippen molar-refractivity contribution in [3.8, 4) is 34.0 Å². The molecular formula is C49H30N6. The Morgan fingerprint density at radius 1 is 0.345 bits per heavy atom. The summed E-state index contributed by atoms with van der Waals surface area (Å²) in [5.41, 5.74) is 13.8. The molecule has 0 amide bonds. The van der Waals surface area contributed by atoms with Gasteiger partial charge in [0.05, 0.1) is 44.3 Å². The second-order valence-electron chi connectivity index (χ2n) is 14.1. The van der Waals surface area contributed by atoms with Crippen LogP contribution in [0.3, 0.4) is 0 Å². The van der Waals surface area contributed by atoms with Crippen molar-refractivity contribution >= 4 is 71.2 Å². The molecule has 0 N–H and O–H groups in total. The number of rotatable bonds is 4. The Morgan fingerprint density at radius 2 is 0.982 bits per heavy atom. The molecule has 0 bridgehead atoms. The minimum absolute atomic E-state index is 0.657. The van der Waals surface area contributed by atoms with Crippen molar-refractivity contribution in [1.82, 2.24) is 28.5 Å². The molecule has 0 aliphatic rings. The van der Waals surface area contributed by atoms with E-state index >= 15 is 0 Å².